The molecule has 2 aromatic heterocycles. The Bertz CT molecular complexity index is 541. The number of hydrogen-bond acceptors (Lipinski definition) is 6. The molecule has 2 N–H and O–H groups in total. The Hall–Kier alpha value is -1.92. The van der Waals surface area contributed by atoms with Gasteiger partial charge in [0.05, 0.1) is 0 Å². The number of nitrogen functional groups attached to an aromatic ring is 1. The van der Waals surface area contributed by atoms with Crippen LogP contribution in [0, 0.1) is 0 Å². The molecule has 0 atom stereocenters. The lowest BCUT2D eigenvalue weighted by Gasteiger charge is -2.27. The van der Waals surface area contributed by atoms with Crippen molar-refractivity contribution in [2.75, 3.05) is 23.7 Å². The summed E-state index contributed by atoms with van der Waals surface area (Å²) >= 11 is 0. The van der Waals surface area contributed by atoms with Gasteiger partial charge >= 0.3 is 0 Å². The van der Waals surface area contributed by atoms with Crippen LogP contribution in [0.4, 0.5) is 11.8 Å². The van der Waals surface area contributed by atoms with Gasteiger partial charge in [0.15, 0.2) is 17.0 Å². The van der Waals surface area contributed by atoms with E-state index in [-0.39, 0.29) is 5.95 Å². The van der Waals surface area contributed by atoms with E-state index in [9.17, 15) is 0 Å². The predicted octanol–water partition coefficient (Wildman–Crippen LogP) is 0.331. The second kappa shape index (κ2) is 3.83. The molecule has 0 aliphatic carbocycles. The minimum atomic E-state index is 0.281. The van der Waals surface area contributed by atoms with Crippen molar-refractivity contribution < 1.29 is 0 Å². The number of rotatable bonds is 1. The highest BCUT2D eigenvalue weighted by Gasteiger charge is 2.19. The van der Waals surface area contributed by atoms with Gasteiger partial charge in [-0.15, -0.1) is 5.10 Å². The molecule has 0 aromatic carbocycles. The van der Waals surface area contributed by atoms with Crippen LogP contribution in [0.15, 0.2) is 0 Å². The maximum absolute atomic E-state index is 5.74. The molecule has 1 saturated heterocycles. The zero-order valence-electron chi connectivity index (χ0n) is 9.80. The van der Waals surface area contributed by atoms with Crippen molar-refractivity contribution >= 4 is 22.9 Å². The highest BCUT2D eigenvalue weighted by atomic mass is 15.4. The molecule has 0 unspecified atom stereocenters. The first-order chi connectivity index (χ1) is 8.25. The van der Waals surface area contributed by atoms with E-state index in [2.05, 4.69) is 25.2 Å². The van der Waals surface area contributed by atoms with Crippen molar-refractivity contribution in [1.82, 2.24) is 25.0 Å². The van der Waals surface area contributed by atoms with E-state index in [1.807, 2.05) is 7.05 Å². The van der Waals surface area contributed by atoms with Crippen LogP contribution in [0.3, 0.4) is 0 Å². The summed E-state index contributed by atoms with van der Waals surface area (Å²) in [7, 11) is 1.81. The Balaban J connectivity index is 2.13. The zero-order chi connectivity index (χ0) is 11.8. The molecule has 2 aromatic rings. The maximum atomic E-state index is 5.74. The second-order valence-electron chi connectivity index (χ2n) is 4.34. The van der Waals surface area contributed by atoms with Gasteiger partial charge in [-0.25, -0.2) is 4.68 Å². The van der Waals surface area contributed by atoms with Gasteiger partial charge in [-0.2, -0.15) is 9.97 Å². The summed E-state index contributed by atoms with van der Waals surface area (Å²) in [5.41, 5.74) is 7.17. The van der Waals surface area contributed by atoms with Crippen LogP contribution < -0.4 is 10.6 Å². The van der Waals surface area contributed by atoms with Crippen LogP contribution in [0.25, 0.3) is 11.2 Å². The smallest absolute Gasteiger partial charge is 0.224 e. The summed E-state index contributed by atoms with van der Waals surface area (Å²) < 4.78 is 1.63. The van der Waals surface area contributed by atoms with Crippen molar-refractivity contribution in [3.8, 4) is 0 Å². The van der Waals surface area contributed by atoms with Crippen LogP contribution in [-0.4, -0.2) is 38.1 Å². The third-order valence-electron chi connectivity index (χ3n) is 3.11. The normalized spacial score (nSPS) is 16.6. The van der Waals surface area contributed by atoms with Gasteiger partial charge in [-0.05, 0) is 19.3 Å². The molecule has 0 bridgehead atoms. The molecule has 3 heterocycles. The first-order valence-electron chi connectivity index (χ1n) is 5.83. The molecule has 1 fully saturated rings. The molecule has 0 radical (unpaired) electrons. The Morgan fingerprint density at radius 3 is 2.65 bits per heavy atom. The molecule has 7 nitrogen and oxygen atoms in total. The van der Waals surface area contributed by atoms with Gasteiger partial charge in [0.1, 0.15) is 0 Å². The van der Waals surface area contributed by atoms with Gasteiger partial charge in [0, 0.05) is 20.1 Å². The van der Waals surface area contributed by atoms with Crippen molar-refractivity contribution in [2.45, 2.75) is 19.3 Å². The molecule has 1 aliphatic heterocycles. The lowest BCUT2D eigenvalue weighted by Crippen LogP contribution is -2.30. The molecule has 0 saturated carbocycles. The molecule has 1 aliphatic rings. The molecule has 17 heavy (non-hydrogen) atoms. The van der Waals surface area contributed by atoms with Crippen molar-refractivity contribution in [3.63, 3.8) is 0 Å². The molecule has 90 valence electrons. The summed E-state index contributed by atoms with van der Waals surface area (Å²) in [4.78, 5) is 10.7. The topological polar surface area (TPSA) is 85.8 Å². The molecular weight excluding hydrogens is 218 g/mol. The standard InChI is InChI=1S/C10H15N7/c1-16-8-7(14-15-16)9(13-10(11)12-8)17-5-3-2-4-6-17/h2-6H2,1H3,(H2,11,12,13). The van der Waals surface area contributed by atoms with E-state index in [0.29, 0.717) is 5.65 Å². The van der Waals surface area contributed by atoms with Crippen LogP contribution in [0.2, 0.25) is 0 Å². The summed E-state index contributed by atoms with van der Waals surface area (Å²) in [6.45, 7) is 2.00. The number of aryl methyl sites for hydroxylation is 1. The lowest BCUT2D eigenvalue weighted by atomic mass is 10.1. The molecule has 3 rings (SSSR count). The third-order valence-corrected chi connectivity index (χ3v) is 3.11. The predicted molar refractivity (Wildman–Crippen MR) is 64.6 cm³/mol. The number of nitrogens with two attached hydrogens (primary N) is 1. The van der Waals surface area contributed by atoms with E-state index in [1.165, 1.54) is 19.3 Å². The lowest BCUT2D eigenvalue weighted by molar-refractivity contribution is 0.574. The highest BCUT2D eigenvalue weighted by Crippen LogP contribution is 2.24. The number of anilines is 2. The Kier molecular flexibility index (Phi) is 2.31. The van der Waals surface area contributed by atoms with Crippen molar-refractivity contribution in [2.24, 2.45) is 7.05 Å². The van der Waals surface area contributed by atoms with Crippen LogP contribution in [0.5, 0.6) is 0 Å². The molecule has 0 amide bonds. The number of piperidine rings is 1. The summed E-state index contributed by atoms with van der Waals surface area (Å²) in [5.74, 6) is 1.10. The summed E-state index contributed by atoms with van der Waals surface area (Å²) in [5, 5.41) is 8.10. The number of fused-ring (bicyclic) bond motifs is 1. The van der Waals surface area contributed by atoms with E-state index >= 15 is 0 Å². The third kappa shape index (κ3) is 1.67. The molecular formula is C10H15N7. The number of aromatic nitrogens is 5. The fraction of sp³-hybridized carbons (Fsp3) is 0.600. The SMILES string of the molecule is Cn1nnc2c(N3CCCCC3)nc(N)nc21. The van der Waals surface area contributed by atoms with Crippen LogP contribution >= 0.6 is 0 Å². The van der Waals surface area contributed by atoms with Gasteiger partial charge in [-0.3, -0.25) is 0 Å². The minimum absolute atomic E-state index is 0.281. The van der Waals surface area contributed by atoms with Gasteiger partial charge in [0.25, 0.3) is 0 Å². The maximum Gasteiger partial charge on any atom is 0.224 e. The van der Waals surface area contributed by atoms with E-state index in [0.717, 1.165) is 24.4 Å². The highest BCUT2D eigenvalue weighted by molar-refractivity contribution is 5.83. The molecule has 0 spiro atoms. The average Bonchev–Trinajstić information content (AvgIpc) is 2.72. The van der Waals surface area contributed by atoms with Gasteiger partial charge in [0.2, 0.25) is 5.95 Å². The quantitative estimate of drug-likeness (QED) is 0.764. The number of nitrogens with zero attached hydrogens (tertiary/aromatic N) is 6. The molecule has 7 heteroatoms. The number of hydrogen-bond donors (Lipinski definition) is 1. The fourth-order valence-corrected chi connectivity index (χ4v) is 2.24. The van der Waals surface area contributed by atoms with E-state index in [4.69, 9.17) is 5.73 Å². The first kappa shape index (κ1) is 10.2. The fourth-order valence-electron chi connectivity index (χ4n) is 2.24. The monoisotopic (exact) mass is 233 g/mol. The van der Waals surface area contributed by atoms with Gasteiger partial charge in [-0.1, -0.05) is 5.21 Å². The minimum Gasteiger partial charge on any atom is -0.368 e. The Labute approximate surface area is 98.6 Å². The summed E-state index contributed by atoms with van der Waals surface area (Å²) in [6, 6.07) is 0. The average molecular weight is 233 g/mol. The van der Waals surface area contributed by atoms with E-state index < -0.39 is 0 Å². The zero-order valence-corrected chi connectivity index (χ0v) is 9.80. The largest absolute Gasteiger partial charge is 0.368 e. The van der Waals surface area contributed by atoms with Gasteiger partial charge < -0.3 is 10.6 Å². The van der Waals surface area contributed by atoms with Crippen molar-refractivity contribution in [1.29, 1.82) is 0 Å². The Morgan fingerprint density at radius 1 is 1.12 bits per heavy atom. The second-order valence-corrected chi connectivity index (χ2v) is 4.34. The van der Waals surface area contributed by atoms with Crippen molar-refractivity contribution in [3.05, 3.63) is 0 Å². The van der Waals surface area contributed by atoms with E-state index in [1.54, 1.807) is 4.68 Å². The van der Waals surface area contributed by atoms with Crippen LogP contribution in [0.1, 0.15) is 19.3 Å². The Morgan fingerprint density at radius 2 is 1.88 bits per heavy atom. The van der Waals surface area contributed by atoms with Crippen LogP contribution in [-0.2, 0) is 7.05 Å². The summed E-state index contributed by atoms with van der Waals surface area (Å²) in [6.07, 6.45) is 3.65. The first-order valence-corrected chi connectivity index (χ1v) is 5.83.